The largest absolute Gasteiger partial charge is 0.347 e. The number of nitrogens with one attached hydrogen (secondary N) is 4. The van der Waals surface area contributed by atoms with E-state index in [0.717, 1.165) is 51.4 Å². The van der Waals surface area contributed by atoms with Gasteiger partial charge in [-0.25, -0.2) is 13.2 Å². The second-order valence-corrected chi connectivity index (χ2v) is 21.4. The summed E-state index contributed by atoms with van der Waals surface area (Å²) in [6.45, 7) is 15.0. The highest BCUT2D eigenvalue weighted by Gasteiger charge is 2.70. The Hall–Kier alpha value is -2.70. The topological polar surface area (TPSA) is 171 Å². The maximum absolute atomic E-state index is 14.5. The molecule has 5 rings (SSSR count). The molecule has 282 valence electrons. The highest BCUT2D eigenvalue weighted by molar-refractivity contribution is 7.92. The summed E-state index contributed by atoms with van der Waals surface area (Å²) in [5, 5.41) is 11.6. The van der Waals surface area contributed by atoms with Crippen LogP contribution in [0.3, 0.4) is 0 Å². The molecule has 1 saturated heterocycles. The van der Waals surface area contributed by atoms with Crippen molar-refractivity contribution in [2.75, 3.05) is 12.3 Å². The number of rotatable bonds is 12. The Bertz CT molecular complexity index is 1470. The molecule has 1 unspecified atom stereocenters. The average Bonchev–Trinajstić information content (AvgIpc) is 3.82. The van der Waals surface area contributed by atoms with E-state index in [4.69, 9.17) is 0 Å². The molecule has 50 heavy (non-hydrogen) atoms. The van der Waals surface area contributed by atoms with E-state index in [-0.39, 0.29) is 35.0 Å². The summed E-state index contributed by atoms with van der Waals surface area (Å²) in [7, 11) is -3.56. The van der Waals surface area contributed by atoms with Gasteiger partial charge in [-0.3, -0.25) is 19.2 Å². The number of Topliss-reactive ketones (excluding diaryl/α,β-unsaturated/α-hetero) is 1. The van der Waals surface area contributed by atoms with E-state index in [0.29, 0.717) is 25.8 Å². The quantitative estimate of drug-likeness (QED) is 0.223. The monoisotopic (exact) mass is 719 g/mol. The van der Waals surface area contributed by atoms with Gasteiger partial charge in [-0.1, -0.05) is 73.1 Å². The Kier molecular flexibility index (Phi) is 10.6. The molecule has 0 radical (unpaired) electrons. The number of carbonyl (C=O) groups is 5. The third-order valence-corrected chi connectivity index (χ3v) is 15.1. The van der Waals surface area contributed by atoms with Gasteiger partial charge in [0, 0.05) is 12.6 Å². The minimum atomic E-state index is -3.56. The molecule has 5 atom stereocenters. The highest BCUT2D eigenvalue weighted by atomic mass is 32.2. The van der Waals surface area contributed by atoms with E-state index in [1.165, 1.54) is 0 Å². The van der Waals surface area contributed by atoms with Crippen molar-refractivity contribution in [2.24, 2.45) is 28.6 Å². The third kappa shape index (κ3) is 8.17. The van der Waals surface area contributed by atoms with Gasteiger partial charge < -0.3 is 26.2 Å². The lowest BCUT2D eigenvalue weighted by Crippen LogP contribution is -2.64. The van der Waals surface area contributed by atoms with Crippen molar-refractivity contribution in [3.8, 4) is 0 Å². The van der Waals surface area contributed by atoms with E-state index in [9.17, 15) is 32.4 Å². The van der Waals surface area contributed by atoms with Crippen LogP contribution in [0.15, 0.2) is 0 Å². The number of carbonyl (C=O) groups excluding carboxylic acids is 5. The van der Waals surface area contributed by atoms with Gasteiger partial charge in [-0.2, -0.15) is 0 Å². The fourth-order valence-electron chi connectivity index (χ4n) is 8.34. The van der Waals surface area contributed by atoms with Crippen LogP contribution in [0.4, 0.5) is 4.79 Å². The van der Waals surface area contributed by atoms with Gasteiger partial charge in [-0.05, 0) is 81.5 Å². The zero-order valence-electron chi connectivity index (χ0n) is 31.4. The Balaban J connectivity index is 1.34. The number of hydrogen-bond donors (Lipinski definition) is 4. The van der Waals surface area contributed by atoms with Crippen molar-refractivity contribution in [3.05, 3.63) is 0 Å². The summed E-state index contributed by atoms with van der Waals surface area (Å²) in [6, 6.07) is -3.44. The van der Waals surface area contributed by atoms with Gasteiger partial charge in [0.1, 0.15) is 12.1 Å². The number of piperidine rings is 1. The number of amides is 5. The van der Waals surface area contributed by atoms with Crippen LogP contribution in [0.25, 0.3) is 0 Å². The molecule has 0 aromatic heterocycles. The second-order valence-electron chi connectivity index (χ2n) is 18.7. The first kappa shape index (κ1) is 38.5. The number of sulfone groups is 1. The molecule has 0 aromatic rings. The molecule has 13 heteroatoms. The van der Waals surface area contributed by atoms with Gasteiger partial charge in [0.05, 0.1) is 22.1 Å². The zero-order chi connectivity index (χ0) is 37.0. The summed E-state index contributed by atoms with van der Waals surface area (Å²) in [6.07, 6.45) is 8.60. The smallest absolute Gasteiger partial charge is 0.315 e. The van der Waals surface area contributed by atoms with Crippen LogP contribution >= 0.6 is 0 Å². The molecule has 1 aliphatic heterocycles. The first-order valence-corrected chi connectivity index (χ1v) is 20.5. The molecule has 0 spiro atoms. The standard InChI is InChI=1S/C37H61N5O7S/c1-34(2,3)29(40-33(47)41-37(17-10-9-11-18-37)21-50(48,49)35(4,5)6)32(46)42-20-24-26(36(24,7)8)27(42)30(44)39-25(19-22-13-12-14-22)28(43)31(45)38-23-15-16-23/h22-27,29H,9-21H2,1-8H3,(H,38,45)(H,39,44)(H2,40,41,47)/t24-,25?,26-,27-,29+/m0/s1. The molecule has 5 fully saturated rings. The lowest BCUT2D eigenvalue weighted by Gasteiger charge is -2.41. The molecular weight excluding hydrogens is 659 g/mol. The van der Waals surface area contributed by atoms with E-state index in [1.54, 1.807) is 25.7 Å². The van der Waals surface area contributed by atoms with Crippen molar-refractivity contribution >= 4 is 39.4 Å². The van der Waals surface area contributed by atoms with E-state index < -0.39 is 73.2 Å². The van der Waals surface area contributed by atoms with E-state index in [1.807, 2.05) is 20.8 Å². The molecule has 4 saturated carbocycles. The lowest BCUT2D eigenvalue weighted by molar-refractivity contribution is -0.145. The molecule has 0 aromatic carbocycles. The van der Waals surface area contributed by atoms with Crippen molar-refractivity contribution in [1.82, 2.24) is 26.2 Å². The van der Waals surface area contributed by atoms with Crippen molar-refractivity contribution in [2.45, 2.75) is 160 Å². The minimum absolute atomic E-state index is 0.0115. The van der Waals surface area contributed by atoms with Crippen molar-refractivity contribution in [3.63, 3.8) is 0 Å². The summed E-state index contributed by atoms with van der Waals surface area (Å²) >= 11 is 0. The van der Waals surface area contributed by atoms with Crippen LogP contribution in [-0.2, 0) is 29.0 Å². The number of hydrogen-bond acceptors (Lipinski definition) is 7. The number of ketones is 1. The molecule has 4 N–H and O–H groups in total. The Labute approximate surface area is 298 Å². The molecule has 12 nitrogen and oxygen atoms in total. The Morgan fingerprint density at radius 2 is 1.48 bits per heavy atom. The fourth-order valence-corrected chi connectivity index (χ4v) is 9.86. The number of urea groups is 1. The van der Waals surface area contributed by atoms with Crippen LogP contribution in [-0.4, -0.2) is 89.6 Å². The molecule has 1 heterocycles. The first-order chi connectivity index (χ1) is 23.1. The summed E-state index contributed by atoms with van der Waals surface area (Å²) in [4.78, 5) is 70.2. The maximum atomic E-state index is 14.5. The van der Waals surface area contributed by atoms with E-state index in [2.05, 4.69) is 35.1 Å². The predicted molar refractivity (Wildman–Crippen MR) is 191 cm³/mol. The summed E-state index contributed by atoms with van der Waals surface area (Å²) in [5.41, 5.74) is -1.89. The maximum Gasteiger partial charge on any atom is 0.315 e. The van der Waals surface area contributed by atoms with E-state index >= 15 is 0 Å². The number of likely N-dealkylation sites (tertiary alicyclic amines) is 1. The predicted octanol–water partition coefficient (Wildman–Crippen LogP) is 3.62. The highest BCUT2D eigenvalue weighted by Crippen LogP contribution is 2.65. The van der Waals surface area contributed by atoms with Crippen molar-refractivity contribution in [1.29, 1.82) is 0 Å². The van der Waals surface area contributed by atoms with Gasteiger partial charge in [0.2, 0.25) is 17.6 Å². The molecule has 5 amide bonds. The summed E-state index contributed by atoms with van der Waals surface area (Å²) < 4.78 is 25.7. The SMILES string of the molecule is CC(C)(C)[C@H](NC(=O)NC1(CS(=O)(=O)C(C)(C)C)CCCCC1)C(=O)N1C[C@H]2[C@@H]([C@H]1C(=O)NC(CC1CCC1)C(=O)C(=O)NC1CC1)C2(C)C. The Morgan fingerprint density at radius 3 is 2.00 bits per heavy atom. The Morgan fingerprint density at radius 1 is 0.860 bits per heavy atom. The van der Waals surface area contributed by atoms with Gasteiger partial charge in [0.25, 0.3) is 5.91 Å². The minimum Gasteiger partial charge on any atom is -0.347 e. The zero-order valence-corrected chi connectivity index (χ0v) is 32.3. The first-order valence-electron chi connectivity index (χ1n) is 18.8. The third-order valence-electron chi connectivity index (χ3n) is 12.3. The number of nitrogens with zero attached hydrogens (tertiary/aromatic N) is 1. The molecule has 4 aliphatic carbocycles. The molecule has 0 bridgehead atoms. The van der Waals surface area contributed by atoms with Crippen LogP contribution in [0.2, 0.25) is 0 Å². The van der Waals surface area contributed by atoms with Crippen LogP contribution < -0.4 is 21.3 Å². The van der Waals surface area contributed by atoms with Crippen LogP contribution in [0, 0.1) is 28.6 Å². The molecular formula is C37H61N5O7S. The van der Waals surface area contributed by atoms with Crippen LogP contribution in [0.5, 0.6) is 0 Å². The number of fused-ring (bicyclic) bond motifs is 1. The normalized spacial score (nSPS) is 27.2. The van der Waals surface area contributed by atoms with Gasteiger partial charge in [0.15, 0.2) is 9.84 Å². The lowest BCUT2D eigenvalue weighted by atomic mass is 9.80. The molecule has 5 aliphatic rings. The van der Waals surface area contributed by atoms with Crippen LogP contribution in [0.1, 0.15) is 126 Å². The van der Waals surface area contributed by atoms with Gasteiger partial charge >= 0.3 is 6.03 Å². The van der Waals surface area contributed by atoms with Crippen molar-refractivity contribution < 1.29 is 32.4 Å². The summed E-state index contributed by atoms with van der Waals surface area (Å²) in [5.74, 6) is -2.15. The fraction of sp³-hybridized carbons (Fsp3) is 0.865. The van der Waals surface area contributed by atoms with Gasteiger partial charge in [-0.15, -0.1) is 0 Å². The average molecular weight is 720 g/mol. The second kappa shape index (κ2) is 13.7.